The Morgan fingerprint density at radius 3 is 3.05 bits per heavy atom. The van der Waals surface area contributed by atoms with Crippen molar-refractivity contribution in [1.29, 1.82) is 0 Å². The van der Waals surface area contributed by atoms with Crippen molar-refractivity contribution in [1.82, 2.24) is 14.8 Å². The fourth-order valence-electron chi connectivity index (χ4n) is 2.81. The molecule has 1 N–H and O–H groups in total. The topological polar surface area (TPSA) is 75.4 Å². The molecule has 2 heterocycles. The number of para-hydroxylation sites is 1. The zero-order valence-corrected chi connectivity index (χ0v) is 12.8. The van der Waals surface area contributed by atoms with Gasteiger partial charge in [0, 0.05) is 18.5 Å². The van der Waals surface area contributed by atoms with Gasteiger partial charge in [0.05, 0.1) is 0 Å². The van der Waals surface area contributed by atoms with Crippen molar-refractivity contribution in [3.63, 3.8) is 0 Å². The Kier molecular flexibility index (Phi) is 3.97. The van der Waals surface area contributed by atoms with Crippen LogP contribution in [-0.4, -0.2) is 44.6 Å². The van der Waals surface area contributed by atoms with Crippen molar-refractivity contribution in [2.45, 2.75) is 12.2 Å². The second-order valence-corrected chi connectivity index (χ2v) is 7.42. The highest BCUT2D eigenvalue weighted by Crippen LogP contribution is 2.24. The SMILES string of the molecule is CNCC1CCN(S(=O)(=O)Cc2noc3ccccc23)C1. The van der Waals surface area contributed by atoms with E-state index in [1.165, 1.54) is 0 Å². The van der Waals surface area contributed by atoms with Gasteiger partial charge in [0.25, 0.3) is 0 Å². The highest BCUT2D eigenvalue weighted by atomic mass is 32.2. The van der Waals surface area contributed by atoms with Crippen LogP contribution >= 0.6 is 0 Å². The molecule has 6 nitrogen and oxygen atoms in total. The van der Waals surface area contributed by atoms with Gasteiger partial charge in [-0.05, 0) is 38.1 Å². The third-order valence-electron chi connectivity index (χ3n) is 3.91. The Morgan fingerprint density at radius 2 is 2.24 bits per heavy atom. The summed E-state index contributed by atoms with van der Waals surface area (Å²) in [6.07, 6.45) is 0.902. The van der Waals surface area contributed by atoms with Crippen LogP contribution in [0.1, 0.15) is 12.1 Å². The summed E-state index contributed by atoms with van der Waals surface area (Å²) in [5.41, 5.74) is 1.11. The summed E-state index contributed by atoms with van der Waals surface area (Å²) in [7, 11) is -1.46. The van der Waals surface area contributed by atoms with E-state index >= 15 is 0 Å². The van der Waals surface area contributed by atoms with Crippen LogP contribution in [0, 0.1) is 5.92 Å². The summed E-state index contributed by atoms with van der Waals surface area (Å²) in [5, 5.41) is 7.79. The Balaban J connectivity index is 1.77. The Morgan fingerprint density at radius 1 is 1.43 bits per heavy atom. The highest BCUT2D eigenvalue weighted by Gasteiger charge is 2.32. The van der Waals surface area contributed by atoms with Crippen LogP contribution in [0.3, 0.4) is 0 Å². The zero-order chi connectivity index (χ0) is 14.9. The van der Waals surface area contributed by atoms with E-state index in [0.29, 0.717) is 30.3 Å². The van der Waals surface area contributed by atoms with Crippen molar-refractivity contribution in [3.05, 3.63) is 30.0 Å². The molecule has 0 aliphatic carbocycles. The maximum atomic E-state index is 12.5. The number of benzene rings is 1. The molecule has 0 amide bonds. The van der Waals surface area contributed by atoms with E-state index in [1.807, 2.05) is 25.2 Å². The molecule has 3 rings (SSSR count). The minimum Gasteiger partial charge on any atom is -0.356 e. The second-order valence-electron chi connectivity index (χ2n) is 5.45. The molecule has 114 valence electrons. The van der Waals surface area contributed by atoms with Gasteiger partial charge in [0.1, 0.15) is 11.4 Å². The molecule has 1 aromatic carbocycles. The van der Waals surface area contributed by atoms with E-state index in [1.54, 1.807) is 10.4 Å². The first kappa shape index (κ1) is 14.5. The Hall–Kier alpha value is -1.44. The number of aromatic nitrogens is 1. The standard InChI is InChI=1S/C14H19N3O3S/c1-15-8-11-6-7-17(9-11)21(18,19)10-13-12-4-2-3-5-14(12)20-16-13/h2-5,11,15H,6-10H2,1H3. The summed E-state index contributed by atoms with van der Waals surface area (Å²) in [6.45, 7) is 2.02. The van der Waals surface area contributed by atoms with Crippen LogP contribution < -0.4 is 5.32 Å². The quantitative estimate of drug-likeness (QED) is 0.898. The highest BCUT2D eigenvalue weighted by molar-refractivity contribution is 7.88. The minimum absolute atomic E-state index is 0.101. The van der Waals surface area contributed by atoms with E-state index < -0.39 is 10.0 Å². The largest absolute Gasteiger partial charge is 0.356 e. The average molecular weight is 309 g/mol. The smallest absolute Gasteiger partial charge is 0.220 e. The maximum Gasteiger partial charge on any atom is 0.220 e. The summed E-state index contributed by atoms with van der Waals surface area (Å²) >= 11 is 0. The number of hydrogen-bond donors (Lipinski definition) is 1. The molecule has 2 aromatic rings. The van der Waals surface area contributed by atoms with Crippen LogP contribution in [0.25, 0.3) is 11.0 Å². The lowest BCUT2D eigenvalue weighted by molar-refractivity contribution is 0.438. The molecule has 1 aliphatic heterocycles. The minimum atomic E-state index is -3.34. The molecule has 0 bridgehead atoms. The predicted molar refractivity (Wildman–Crippen MR) is 80.2 cm³/mol. The molecule has 0 radical (unpaired) electrons. The number of nitrogens with zero attached hydrogens (tertiary/aromatic N) is 2. The molecule has 0 spiro atoms. The molecular formula is C14H19N3O3S. The summed E-state index contributed by atoms with van der Waals surface area (Å²) in [6, 6.07) is 7.32. The lowest BCUT2D eigenvalue weighted by atomic mass is 10.1. The molecule has 7 heteroatoms. The van der Waals surface area contributed by atoms with Crippen molar-refractivity contribution in [3.8, 4) is 0 Å². The molecule has 0 saturated carbocycles. The van der Waals surface area contributed by atoms with Gasteiger partial charge < -0.3 is 9.84 Å². The second kappa shape index (κ2) is 5.75. The van der Waals surface area contributed by atoms with Gasteiger partial charge in [-0.1, -0.05) is 17.3 Å². The summed E-state index contributed by atoms with van der Waals surface area (Å²) in [5.74, 6) is 0.287. The molecule has 21 heavy (non-hydrogen) atoms. The van der Waals surface area contributed by atoms with Crippen molar-refractivity contribution >= 4 is 21.0 Å². The third kappa shape index (κ3) is 2.95. The van der Waals surface area contributed by atoms with E-state index in [4.69, 9.17) is 4.52 Å². The Bertz CT molecular complexity index is 726. The average Bonchev–Trinajstić information content (AvgIpc) is 3.07. The lowest BCUT2D eigenvalue weighted by Crippen LogP contribution is -2.31. The predicted octanol–water partition coefficient (Wildman–Crippen LogP) is 1.20. The zero-order valence-electron chi connectivity index (χ0n) is 11.9. The maximum absolute atomic E-state index is 12.5. The van der Waals surface area contributed by atoms with E-state index in [2.05, 4.69) is 10.5 Å². The normalized spacial score (nSPS) is 20.3. The first-order valence-corrected chi connectivity index (χ1v) is 8.67. The number of sulfonamides is 1. The summed E-state index contributed by atoms with van der Waals surface area (Å²) in [4.78, 5) is 0. The monoisotopic (exact) mass is 309 g/mol. The molecule has 1 fully saturated rings. The van der Waals surface area contributed by atoms with Crippen LogP contribution in [0.5, 0.6) is 0 Å². The number of fused-ring (bicyclic) bond motifs is 1. The molecule has 1 aromatic heterocycles. The van der Waals surface area contributed by atoms with Crippen LogP contribution in [0.15, 0.2) is 28.8 Å². The third-order valence-corrected chi connectivity index (χ3v) is 5.66. The number of hydrogen-bond acceptors (Lipinski definition) is 5. The fourth-order valence-corrected chi connectivity index (χ4v) is 4.37. The summed E-state index contributed by atoms with van der Waals surface area (Å²) < 4.78 is 31.8. The van der Waals surface area contributed by atoms with Gasteiger partial charge in [-0.15, -0.1) is 0 Å². The van der Waals surface area contributed by atoms with Crippen molar-refractivity contribution in [2.75, 3.05) is 26.7 Å². The van der Waals surface area contributed by atoms with Gasteiger partial charge in [0.15, 0.2) is 5.58 Å². The van der Waals surface area contributed by atoms with Crippen molar-refractivity contribution in [2.24, 2.45) is 5.92 Å². The number of rotatable bonds is 5. The molecule has 1 atom stereocenters. The van der Waals surface area contributed by atoms with E-state index in [-0.39, 0.29) is 5.75 Å². The molecule has 1 aliphatic rings. The van der Waals surface area contributed by atoms with Crippen LogP contribution in [-0.2, 0) is 15.8 Å². The van der Waals surface area contributed by atoms with Gasteiger partial charge >= 0.3 is 0 Å². The van der Waals surface area contributed by atoms with Gasteiger partial charge in [-0.3, -0.25) is 0 Å². The molecule has 1 saturated heterocycles. The van der Waals surface area contributed by atoms with Crippen molar-refractivity contribution < 1.29 is 12.9 Å². The first-order chi connectivity index (χ1) is 10.1. The van der Waals surface area contributed by atoms with Gasteiger partial charge in [-0.2, -0.15) is 0 Å². The van der Waals surface area contributed by atoms with E-state index in [9.17, 15) is 8.42 Å². The van der Waals surface area contributed by atoms with Gasteiger partial charge in [-0.25, -0.2) is 12.7 Å². The molecule has 1 unspecified atom stereocenters. The lowest BCUT2D eigenvalue weighted by Gasteiger charge is -2.15. The Labute approximate surface area is 124 Å². The van der Waals surface area contributed by atoms with Crippen LogP contribution in [0.2, 0.25) is 0 Å². The first-order valence-electron chi connectivity index (χ1n) is 7.06. The van der Waals surface area contributed by atoms with Crippen LogP contribution in [0.4, 0.5) is 0 Å². The molecular weight excluding hydrogens is 290 g/mol. The van der Waals surface area contributed by atoms with Gasteiger partial charge in [0.2, 0.25) is 10.0 Å². The van der Waals surface area contributed by atoms with E-state index in [0.717, 1.165) is 18.4 Å². The number of nitrogens with one attached hydrogen (secondary N) is 1. The fraction of sp³-hybridized carbons (Fsp3) is 0.500.